The number of carbonyl (C=O) groups excluding carboxylic acids is 2. The average Bonchev–Trinajstić information content (AvgIpc) is 3.14. The summed E-state index contributed by atoms with van der Waals surface area (Å²) in [5, 5.41) is 6.05. The van der Waals surface area contributed by atoms with E-state index in [0.717, 1.165) is 16.9 Å². The second kappa shape index (κ2) is 8.06. The first-order chi connectivity index (χ1) is 15.1. The number of urea groups is 1. The van der Waals surface area contributed by atoms with Gasteiger partial charge in [-0.15, -0.1) is 0 Å². The molecular formula is C21H23N5O4S2. The Morgan fingerprint density at radius 1 is 1.16 bits per heavy atom. The van der Waals surface area contributed by atoms with Crippen LogP contribution in [0, 0.1) is 0 Å². The minimum absolute atomic E-state index is 0.180. The Morgan fingerprint density at radius 2 is 1.84 bits per heavy atom. The Morgan fingerprint density at radius 3 is 2.47 bits per heavy atom. The third-order valence-electron chi connectivity index (χ3n) is 5.41. The van der Waals surface area contributed by atoms with Crippen molar-refractivity contribution >= 4 is 44.9 Å². The van der Waals surface area contributed by atoms with E-state index in [9.17, 15) is 18.0 Å². The number of carbonyl (C=O) groups is 2. The van der Waals surface area contributed by atoms with E-state index in [1.807, 2.05) is 0 Å². The van der Waals surface area contributed by atoms with E-state index < -0.39 is 20.6 Å². The van der Waals surface area contributed by atoms with Crippen molar-refractivity contribution in [3.05, 3.63) is 64.7 Å². The molecule has 0 fully saturated rings. The lowest BCUT2D eigenvalue weighted by Gasteiger charge is -2.28. The summed E-state index contributed by atoms with van der Waals surface area (Å²) in [6, 6.07) is 12.7. The molecule has 32 heavy (non-hydrogen) atoms. The van der Waals surface area contributed by atoms with Gasteiger partial charge in [-0.25, -0.2) is 13.2 Å². The van der Waals surface area contributed by atoms with Crippen LogP contribution in [0.25, 0.3) is 0 Å². The average molecular weight is 474 g/mol. The summed E-state index contributed by atoms with van der Waals surface area (Å²) >= 11 is 1.28. The summed E-state index contributed by atoms with van der Waals surface area (Å²) in [5.74, 6) is -0.559. The van der Waals surface area contributed by atoms with Crippen LogP contribution in [-0.2, 0) is 19.5 Å². The number of nitrogens with one attached hydrogen (secondary N) is 2. The number of rotatable bonds is 4. The lowest BCUT2D eigenvalue weighted by atomic mass is 10.0. The summed E-state index contributed by atoms with van der Waals surface area (Å²) in [6.07, 6.45) is 1.66. The zero-order chi connectivity index (χ0) is 23.1. The Balaban J connectivity index is 1.48. The van der Waals surface area contributed by atoms with E-state index in [1.165, 1.54) is 23.9 Å². The molecule has 0 radical (unpaired) electrons. The maximum absolute atomic E-state index is 12.8. The Bertz CT molecular complexity index is 1230. The van der Waals surface area contributed by atoms with E-state index in [0.29, 0.717) is 36.4 Å². The van der Waals surface area contributed by atoms with Crippen molar-refractivity contribution < 1.29 is 18.0 Å². The van der Waals surface area contributed by atoms with Crippen molar-refractivity contribution in [3.8, 4) is 0 Å². The predicted octanol–water partition coefficient (Wildman–Crippen LogP) is 1.80. The molecule has 0 aromatic heterocycles. The molecule has 0 aliphatic carbocycles. The molecular weight excluding hydrogens is 450 g/mol. The first kappa shape index (κ1) is 22.0. The number of nitrogens with two attached hydrogens (primary N) is 2. The highest BCUT2D eigenvalue weighted by molar-refractivity contribution is 8.05. The van der Waals surface area contributed by atoms with Crippen LogP contribution in [0.2, 0.25) is 0 Å². The highest BCUT2D eigenvalue weighted by Gasteiger charge is 2.48. The number of primary amides is 1. The van der Waals surface area contributed by atoms with E-state index in [1.54, 1.807) is 41.3 Å². The molecule has 168 valence electrons. The fourth-order valence-corrected chi connectivity index (χ4v) is 5.80. The SMILES string of the molecule is CS(=O)(=O)c1ccc(NC(=O)N2CCC3=C(C2)SC(C(N)=O)(c2ccccc2N)N3)cc1. The molecule has 4 rings (SSSR count). The predicted molar refractivity (Wildman–Crippen MR) is 124 cm³/mol. The van der Waals surface area contributed by atoms with Gasteiger partial charge in [-0.05, 0) is 30.3 Å². The van der Waals surface area contributed by atoms with E-state index >= 15 is 0 Å². The van der Waals surface area contributed by atoms with E-state index in [2.05, 4.69) is 10.6 Å². The first-order valence-electron chi connectivity index (χ1n) is 9.80. The Hall–Kier alpha value is -3.18. The Labute approximate surface area is 190 Å². The third kappa shape index (κ3) is 4.00. The molecule has 2 aliphatic heterocycles. The maximum atomic E-state index is 12.8. The van der Waals surface area contributed by atoms with Crippen molar-refractivity contribution in [1.29, 1.82) is 0 Å². The van der Waals surface area contributed by atoms with Gasteiger partial charge in [-0.3, -0.25) is 4.79 Å². The number of amides is 3. The van der Waals surface area contributed by atoms with Crippen LogP contribution in [0.15, 0.2) is 64.0 Å². The van der Waals surface area contributed by atoms with Gasteiger partial charge in [0.05, 0.1) is 11.4 Å². The number of sulfone groups is 1. The zero-order valence-corrected chi connectivity index (χ0v) is 18.9. The van der Waals surface area contributed by atoms with Crippen LogP contribution in [-0.4, -0.2) is 44.6 Å². The molecule has 1 atom stereocenters. The van der Waals surface area contributed by atoms with Gasteiger partial charge in [0, 0.05) is 46.8 Å². The number of nitrogen functional groups attached to an aromatic ring is 1. The minimum atomic E-state index is -3.31. The molecule has 6 N–H and O–H groups in total. The highest BCUT2D eigenvalue weighted by Crippen LogP contribution is 2.49. The van der Waals surface area contributed by atoms with Gasteiger partial charge in [0.15, 0.2) is 14.7 Å². The molecule has 0 saturated carbocycles. The molecule has 2 aromatic carbocycles. The summed E-state index contributed by atoms with van der Waals surface area (Å²) in [7, 11) is -3.31. The standard InChI is InChI=1S/C21H23N5O4S2/c1-32(29,30)14-8-6-13(7-9-14)24-20(28)26-11-10-17-18(12-26)31-21(25-17,19(23)27)15-4-2-3-5-16(15)22/h2-9,25H,10-12,22H2,1H3,(H2,23,27)(H,24,28). The molecule has 2 aromatic rings. The summed E-state index contributed by atoms with van der Waals surface area (Å²) in [6.45, 7) is 0.751. The van der Waals surface area contributed by atoms with Gasteiger partial charge in [-0.1, -0.05) is 30.0 Å². The molecule has 9 nitrogen and oxygen atoms in total. The summed E-state index contributed by atoms with van der Waals surface area (Å²) in [5.41, 5.74) is 14.3. The van der Waals surface area contributed by atoms with Gasteiger partial charge >= 0.3 is 6.03 Å². The van der Waals surface area contributed by atoms with Crippen LogP contribution in [0.3, 0.4) is 0 Å². The van der Waals surface area contributed by atoms with Crippen LogP contribution in [0.5, 0.6) is 0 Å². The normalized spacial score (nSPS) is 20.5. The summed E-state index contributed by atoms with van der Waals surface area (Å²) in [4.78, 5) is 26.7. The first-order valence-corrected chi connectivity index (χ1v) is 12.5. The second-order valence-corrected chi connectivity index (χ2v) is 11.0. The van der Waals surface area contributed by atoms with Crippen molar-refractivity contribution in [2.75, 3.05) is 30.4 Å². The Kier molecular flexibility index (Phi) is 5.55. The zero-order valence-electron chi connectivity index (χ0n) is 17.3. The molecule has 11 heteroatoms. The van der Waals surface area contributed by atoms with E-state index in [-0.39, 0.29) is 10.9 Å². The number of thioether (sulfide) groups is 1. The third-order valence-corrected chi connectivity index (χ3v) is 7.99. The van der Waals surface area contributed by atoms with E-state index in [4.69, 9.17) is 11.5 Å². The lowest BCUT2D eigenvalue weighted by Crippen LogP contribution is -2.47. The molecule has 2 aliphatic rings. The number of para-hydroxylation sites is 1. The maximum Gasteiger partial charge on any atom is 0.322 e. The number of hydrogen-bond donors (Lipinski definition) is 4. The van der Waals surface area contributed by atoms with Crippen LogP contribution in [0.1, 0.15) is 12.0 Å². The fourth-order valence-electron chi connectivity index (χ4n) is 3.73. The van der Waals surface area contributed by atoms with Crippen LogP contribution < -0.4 is 22.1 Å². The van der Waals surface area contributed by atoms with Gasteiger partial charge in [0.1, 0.15) is 0 Å². The molecule has 2 heterocycles. The van der Waals surface area contributed by atoms with Crippen LogP contribution >= 0.6 is 11.8 Å². The number of nitrogens with zero attached hydrogens (tertiary/aromatic N) is 1. The lowest BCUT2D eigenvalue weighted by molar-refractivity contribution is -0.121. The quantitative estimate of drug-likeness (QED) is 0.495. The largest absolute Gasteiger partial charge is 0.398 e. The smallest absolute Gasteiger partial charge is 0.322 e. The highest BCUT2D eigenvalue weighted by atomic mass is 32.2. The van der Waals surface area contributed by atoms with Crippen molar-refractivity contribution in [3.63, 3.8) is 0 Å². The molecule has 0 saturated heterocycles. The van der Waals surface area contributed by atoms with Crippen molar-refractivity contribution in [2.24, 2.45) is 5.73 Å². The summed E-state index contributed by atoms with van der Waals surface area (Å²) < 4.78 is 23.2. The molecule has 1 unspecified atom stereocenters. The van der Waals surface area contributed by atoms with Crippen LogP contribution in [0.4, 0.5) is 16.2 Å². The molecule has 0 spiro atoms. The topological polar surface area (TPSA) is 148 Å². The molecule has 3 amide bonds. The van der Waals surface area contributed by atoms with Crippen molar-refractivity contribution in [1.82, 2.24) is 10.2 Å². The van der Waals surface area contributed by atoms with Gasteiger partial charge < -0.3 is 27.0 Å². The van der Waals surface area contributed by atoms with Crippen molar-refractivity contribution in [2.45, 2.75) is 16.2 Å². The number of anilines is 2. The van der Waals surface area contributed by atoms with Gasteiger partial charge in [0.2, 0.25) is 0 Å². The van der Waals surface area contributed by atoms with Gasteiger partial charge in [-0.2, -0.15) is 0 Å². The monoisotopic (exact) mass is 473 g/mol. The number of hydrogen-bond acceptors (Lipinski definition) is 7. The number of benzene rings is 2. The molecule has 0 bridgehead atoms. The minimum Gasteiger partial charge on any atom is -0.398 e. The fraction of sp³-hybridized carbons (Fsp3) is 0.238. The second-order valence-electron chi connectivity index (χ2n) is 7.66. The van der Waals surface area contributed by atoms with Gasteiger partial charge in [0.25, 0.3) is 5.91 Å².